The molecule has 1 amide bonds. The Hall–Kier alpha value is -3.45. The summed E-state index contributed by atoms with van der Waals surface area (Å²) in [5, 5.41) is 8.95. The molecule has 5 rings (SSSR count). The highest BCUT2D eigenvalue weighted by Gasteiger charge is 2.27. The van der Waals surface area contributed by atoms with E-state index in [9.17, 15) is 9.18 Å². The van der Waals surface area contributed by atoms with E-state index in [1.807, 2.05) is 58.9 Å². The number of thioether (sulfide) groups is 1. The van der Waals surface area contributed by atoms with Gasteiger partial charge in [-0.05, 0) is 42.2 Å². The molecule has 1 aliphatic rings. The van der Waals surface area contributed by atoms with Crippen molar-refractivity contribution < 1.29 is 9.18 Å². The van der Waals surface area contributed by atoms with Gasteiger partial charge in [-0.25, -0.2) is 4.39 Å². The maximum atomic E-state index is 14.6. The molecule has 0 saturated carbocycles. The first-order chi connectivity index (χ1) is 16.6. The summed E-state index contributed by atoms with van der Waals surface area (Å²) >= 11 is 1.37. The van der Waals surface area contributed by atoms with Crippen LogP contribution >= 0.6 is 11.8 Å². The van der Waals surface area contributed by atoms with Crippen LogP contribution in [0.4, 0.5) is 4.39 Å². The molecular weight excluding hydrogens is 447 g/mol. The van der Waals surface area contributed by atoms with Crippen LogP contribution in [0.25, 0.3) is 11.4 Å². The molecular formula is C27H25FN4OS. The molecule has 1 aromatic heterocycles. The monoisotopic (exact) mass is 472 g/mol. The molecule has 0 saturated heterocycles. The molecule has 1 aliphatic heterocycles. The van der Waals surface area contributed by atoms with Crippen molar-refractivity contribution in [2.24, 2.45) is 0 Å². The normalized spacial score (nSPS) is 14.0. The van der Waals surface area contributed by atoms with Crippen molar-refractivity contribution in [2.75, 3.05) is 6.54 Å². The Morgan fingerprint density at radius 1 is 0.971 bits per heavy atom. The second-order valence-electron chi connectivity index (χ2n) is 8.40. The molecule has 1 atom stereocenters. The fourth-order valence-corrected chi connectivity index (χ4v) is 5.21. The number of rotatable bonds is 6. The summed E-state index contributed by atoms with van der Waals surface area (Å²) in [6.45, 7) is 3.71. The zero-order chi connectivity index (χ0) is 23.5. The maximum Gasteiger partial charge on any atom is 0.236 e. The first-order valence-electron chi connectivity index (χ1n) is 11.3. The average molecular weight is 473 g/mol. The Morgan fingerprint density at radius 2 is 1.68 bits per heavy atom. The van der Waals surface area contributed by atoms with Gasteiger partial charge >= 0.3 is 0 Å². The summed E-state index contributed by atoms with van der Waals surface area (Å²) in [4.78, 5) is 15.2. The Kier molecular flexibility index (Phi) is 6.45. The van der Waals surface area contributed by atoms with E-state index in [1.54, 1.807) is 18.2 Å². The van der Waals surface area contributed by atoms with E-state index in [0.29, 0.717) is 36.2 Å². The van der Waals surface area contributed by atoms with E-state index in [2.05, 4.69) is 22.3 Å². The zero-order valence-electron chi connectivity index (χ0n) is 18.9. The molecule has 0 bridgehead atoms. The summed E-state index contributed by atoms with van der Waals surface area (Å²) in [7, 11) is 0. The van der Waals surface area contributed by atoms with Crippen molar-refractivity contribution in [3.8, 4) is 11.4 Å². The van der Waals surface area contributed by atoms with Crippen molar-refractivity contribution in [3.63, 3.8) is 0 Å². The third-order valence-electron chi connectivity index (χ3n) is 6.09. The predicted molar refractivity (Wildman–Crippen MR) is 132 cm³/mol. The largest absolute Gasteiger partial charge is 0.337 e. The van der Waals surface area contributed by atoms with Crippen LogP contribution in [0.15, 0.2) is 84.0 Å². The summed E-state index contributed by atoms with van der Waals surface area (Å²) in [6.07, 6.45) is 0.862. The third kappa shape index (κ3) is 4.61. The Bertz CT molecular complexity index is 1310. The van der Waals surface area contributed by atoms with E-state index in [-0.39, 0.29) is 17.0 Å². The van der Waals surface area contributed by atoms with Gasteiger partial charge < -0.3 is 4.90 Å². The molecule has 0 N–H and O–H groups in total. The third-order valence-corrected chi connectivity index (χ3v) is 7.16. The Morgan fingerprint density at radius 3 is 2.47 bits per heavy atom. The van der Waals surface area contributed by atoms with Gasteiger partial charge in [-0.3, -0.25) is 9.36 Å². The molecule has 2 heterocycles. The van der Waals surface area contributed by atoms with Gasteiger partial charge in [0.05, 0.1) is 17.4 Å². The lowest BCUT2D eigenvalue weighted by molar-refractivity contribution is -0.131. The van der Waals surface area contributed by atoms with Gasteiger partial charge in [-0.2, -0.15) is 0 Å². The molecule has 7 heteroatoms. The fourth-order valence-electron chi connectivity index (χ4n) is 4.28. The number of carbonyl (C=O) groups excluding carboxylic acids is 1. The van der Waals surface area contributed by atoms with E-state index in [4.69, 9.17) is 0 Å². The van der Waals surface area contributed by atoms with Gasteiger partial charge in [0.25, 0.3) is 0 Å². The van der Waals surface area contributed by atoms with Crippen LogP contribution < -0.4 is 0 Å². The average Bonchev–Trinajstić information content (AvgIpc) is 3.25. The number of nitrogens with zero attached hydrogens (tertiary/aromatic N) is 4. The molecule has 0 radical (unpaired) electrons. The van der Waals surface area contributed by atoms with Gasteiger partial charge in [-0.1, -0.05) is 78.5 Å². The first-order valence-corrected chi connectivity index (χ1v) is 12.2. The fraction of sp³-hybridized carbons (Fsp3) is 0.222. The van der Waals surface area contributed by atoms with Crippen LogP contribution in [0.1, 0.15) is 23.6 Å². The van der Waals surface area contributed by atoms with Crippen LogP contribution in [-0.4, -0.2) is 37.4 Å². The van der Waals surface area contributed by atoms with Crippen molar-refractivity contribution in [1.82, 2.24) is 19.7 Å². The SMILES string of the molecule is C[C@H](Sc1nnc(-c2ccccc2F)n1Cc1ccccc1)C(=O)N1CCc2ccccc2C1. The second-order valence-corrected chi connectivity index (χ2v) is 9.70. The number of fused-ring (bicyclic) bond motifs is 1. The van der Waals surface area contributed by atoms with Crippen LogP contribution in [0, 0.1) is 5.82 Å². The minimum Gasteiger partial charge on any atom is -0.337 e. The topological polar surface area (TPSA) is 51.0 Å². The Balaban J connectivity index is 1.41. The number of hydrogen-bond acceptors (Lipinski definition) is 4. The molecule has 172 valence electrons. The summed E-state index contributed by atoms with van der Waals surface area (Å²) in [6, 6.07) is 24.8. The predicted octanol–water partition coefficient (Wildman–Crippen LogP) is 5.20. The molecule has 4 aromatic rings. The van der Waals surface area contributed by atoms with Crippen LogP contribution in [-0.2, 0) is 24.3 Å². The lowest BCUT2D eigenvalue weighted by Gasteiger charge is -2.30. The standard InChI is InChI=1S/C27H25FN4OS/c1-19(26(33)31-16-15-21-11-5-6-12-22(21)18-31)34-27-30-29-25(23-13-7-8-14-24(23)28)32(27)17-20-9-3-2-4-10-20/h2-14,19H,15-18H2,1H3/t19-/m0/s1. The Labute approximate surface area is 202 Å². The van der Waals surface area contributed by atoms with Gasteiger partial charge in [0.2, 0.25) is 5.91 Å². The van der Waals surface area contributed by atoms with Crippen molar-refractivity contribution in [1.29, 1.82) is 0 Å². The van der Waals surface area contributed by atoms with Gasteiger partial charge in [0.15, 0.2) is 11.0 Å². The molecule has 34 heavy (non-hydrogen) atoms. The first kappa shape index (κ1) is 22.3. The maximum absolute atomic E-state index is 14.6. The molecule has 0 aliphatic carbocycles. The number of carbonyl (C=O) groups is 1. The number of amides is 1. The summed E-state index contributed by atoms with van der Waals surface area (Å²) in [5.74, 6) is 0.175. The molecule has 3 aromatic carbocycles. The summed E-state index contributed by atoms with van der Waals surface area (Å²) < 4.78 is 16.5. The molecule has 5 nitrogen and oxygen atoms in total. The molecule has 0 unspecified atom stereocenters. The molecule has 0 fully saturated rings. The highest BCUT2D eigenvalue weighted by atomic mass is 32.2. The molecule has 0 spiro atoms. The van der Waals surface area contributed by atoms with Crippen LogP contribution in [0.2, 0.25) is 0 Å². The quantitative estimate of drug-likeness (QED) is 0.362. The van der Waals surface area contributed by atoms with Crippen molar-refractivity contribution in [2.45, 2.75) is 36.8 Å². The van der Waals surface area contributed by atoms with E-state index in [1.165, 1.54) is 29.0 Å². The van der Waals surface area contributed by atoms with Crippen LogP contribution in [0.5, 0.6) is 0 Å². The smallest absolute Gasteiger partial charge is 0.236 e. The van der Waals surface area contributed by atoms with E-state index >= 15 is 0 Å². The number of hydrogen-bond donors (Lipinski definition) is 0. The summed E-state index contributed by atoms with van der Waals surface area (Å²) in [5.41, 5.74) is 3.95. The highest BCUT2D eigenvalue weighted by molar-refractivity contribution is 8.00. The highest BCUT2D eigenvalue weighted by Crippen LogP contribution is 2.30. The number of benzene rings is 3. The lowest BCUT2D eigenvalue weighted by atomic mass is 10.00. The minimum absolute atomic E-state index is 0.0706. The minimum atomic E-state index is -0.350. The van der Waals surface area contributed by atoms with Gasteiger partial charge in [0.1, 0.15) is 5.82 Å². The van der Waals surface area contributed by atoms with Crippen molar-refractivity contribution in [3.05, 3.63) is 101 Å². The van der Waals surface area contributed by atoms with Crippen LogP contribution in [0.3, 0.4) is 0 Å². The number of halogens is 1. The van der Waals surface area contributed by atoms with E-state index < -0.39 is 0 Å². The van der Waals surface area contributed by atoms with Gasteiger partial charge in [-0.15, -0.1) is 10.2 Å². The van der Waals surface area contributed by atoms with E-state index in [0.717, 1.165) is 12.0 Å². The second kappa shape index (κ2) is 9.81. The zero-order valence-corrected chi connectivity index (χ0v) is 19.7. The number of aromatic nitrogens is 3. The lowest BCUT2D eigenvalue weighted by Crippen LogP contribution is -2.40. The van der Waals surface area contributed by atoms with Crippen molar-refractivity contribution >= 4 is 17.7 Å². The van der Waals surface area contributed by atoms with Gasteiger partial charge in [0, 0.05) is 13.1 Å².